The van der Waals surface area contributed by atoms with Crippen molar-refractivity contribution in [3.8, 4) is 0 Å². The standard InChI is InChI=1S/C4H6Cl4Si/c1-9(2,8)4(7)3(5)6/h1-2H3. The topological polar surface area (TPSA) is 0 Å². The van der Waals surface area contributed by atoms with Crippen molar-refractivity contribution < 1.29 is 0 Å². The Morgan fingerprint density at radius 2 is 1.44 bits per heavy atom. The maximum absolute atomic E-state index is 5.86. The molecule has 9 heavy (non-hydrogen) atoms. The molecule has 0 aromatic rings. The molecule has 0 aromatic carbocycles. The van der Waals surface area contributed by atoms with Gasteiger partial charge in [-0.25, -0.2) is 0 Å². The van der Waals surface area contributed by atoms with Crippen LogP contribution in [0.2, 0.25) is 13.1 Å². The fourth-order valence-electron chi connectivity index (χ4n) is 0.225. The molecule has 0 heterocycles. The van der Waals surface area contributed by atoms with Crippen molar-refractivity contribution in [3.05, 3.63) is 9.15 Å². The second-order valence-corrected chi connectivity index (χ2v) is 9.97. The molecule has 0 aliphatic carbocycles. The molecular weight excluding hydrogens is 218 g/mol. The lowest BCUT2D eigenvalue weighted by Gasteiger charge is -2.10. The summed E-state index contributed by atoms with van der Waals surface area (Å²) in [5.74, 6) is 0. The van der Waals surface area contributed by atoms with E-state index in [1.54, 1.807) is 0 Å². The average molecular weight is 224 g/mol. The van der Waals surface area contributed by atoms with Gasteiger partial charge >= 0.3 is 0 Å². The van der Waals surface area contributed by atoms with E-state index in [4.69, 9.17) is 45.9 Å². The Morgan fingerprint density at radius 1 is 1.11 bits per heavy atom. The molecule has 0 unspecified atom stereocenters. The van der Waals surface area contributed by atoms with Gasteiger partial charge in [0.1, 0.15) is 4.49 Å². The number of hydrogen-bond donors (Lipinski definition) is 0. The maximum Gasteiger partial charge on any atom is 0.196 e. The molecule has 0 nitrogen and oxygen atoms in total. The van der Waals surface area contributed by atoms with Gasteiger partial charge in [-0.1, -0.05) is 47.9 Å². The van der Waals surface area contributed by atoms with Crippen LogP contribution >= 0.6 is 45.9 Å². The minimum Gasteiger partial charge on any atom is -0.160 e. The van der Waals surface area contributed by atoms with E-state index in [-0.39, 0.29) is 4.49 Å². The van der Waals surface area contributed by atoms with Gasteiger partial charge in [-0.05, 0) is 0 Å². The van der Waals surface area contributed by atoms with Gasteiger partial charge in [-0.3, -0.25) is 0 Å². The molecule has 0 aliphatic heterocycles. The monoisotopic (exact) mass is 222 g/mol. The minimum atomic E-state index is -1.97. The van der Waals surface area contributed by atoms with Crippen LogP contribution in [0.5, 0.6) is 0 Å². The summed E-state index contributed by atoms with van der Waals surface area (Å²) in [5, 5.41) is 0. The molecule has 0 N–H and O–H groups in total. The summed E-state index contributed by atoms with van der Waals surface area (Å²) in [4.78, 5) is 0. The first kappa shape index (κ1) is 10.1. The predicted molar refractivity (Wildman–Crippen MR) is 47.9 cm³/mol. The molecule has 0 aromatic heterocycles. The highest BCUT2D eigenvalue weighted by atomic mass is 35.6. The maximum atomic E-state index is 5.86. The molecule has 0 bridgehead atoms. The normalized spacial score (nSPS) is 11.3. The van der Waals surface area contributed by atoms with Crippen molar-refractivity contribution >= 4 is 53.3 Å². The smallest absolute Gasteiger partial charge is 0.160 e. The lowest BCUT2D eigenvalue weighted by molar-refractivity contribution is 1.90. The molecule has 5 heteroatoms. The van der Waals surface area contributed by atoms with Crippen LogP contribution in [0.15, 0.2) is 9.15 Å². The highest BCUT2D eigenvalue weighted by molar-refractivity contribution is 7.26. The largest absolute Gasteiger partial charge is 0.196 e. The van der Waals surface area contributed by atoms with E-state index in [2.05, 4.69) is 0 Å². The zero-order chi connectivity index (χ0) is 7.65. The molecule has 0 amide bonds. The summed E-state index contributed by atoms with van der Waals surface area (Å²) in [7, 11) is -1.97. The van der Waals surface area contributed by atoms with Gasteiger partial charge in [-0.2, -0.15) is 11.1 Å². The van der Waals surface area contributed by atoms with Crippen molar-refractivity contribution in [2.24, 2.45) is 0 Å². The van der Waals surface area contributed by atoms with Gasteiger partial charge in [-0.15, -0.1) is 0 Å². The molecule has 0 aliphatic rings. The molecule has 0 fully saturated rings. The van der Waals surface area contributed by atoms with Crippen LogP contribution in [0.3, 0.4) is 0 Å². The quantitative estimate of drug-likeness (QED) is 0.468. The third-order valence-electron chi connectivity index (χ3n) is 0.688. The molecule has 0 saturated carbocycles. The summed E-state index contributed by atoms with van der Waals surface area (Å²) >= 11 is 22.2. The van der Waals surface area contributed by atoms with Gasteiger partial charge in [0.05, 0.1) is 4.66 Å². The highest BCUT2D eigenvalue weighted by Crippen LogP contribution is 2.29. The summed E-state index contributed by atoms with van der Waals surface area (Å²) < 4.78 is 0.496. The van der Waals surface area contributed by atoms with Crippen LogP contribution in [0.25, 0.3) is 0 Å². The first-order chi connectivity index (χ1) is 3.85. The van der Waals surface area contributed by atoms with Crippen LogP contribution in [0, 0.1) is 0 Å². The fraction of sp³-hybridized carbons (Fsp3) is 0.500. The van der Waals surface area contributed by atoms with Gasteiger partial charge in [0.15, 0.2) is 7.38 Å². The van der Waals surface area contributed by atoms with Crippen molar-refractivity contribution in [1.29, 1.82) is 0 Å². The molecule has 54 valence electrons. The third kappa shape index (κ3) is 3.74. The van der Waals surface area contributed by atoms with E-state index in [1.165, 1.54) is 0 Å². The summed E-state index contributed by atoms with van der Waals surface area (Å²) in [5.41, 5.74) is 0. The molecule has 0 saturated heterocycles. The zero-order valence-electron chi connectivity index (χ0n) is 5.01. The Hall–Kier alpha value is 1.12. The number of halogens is 4. The number of rotatable bonds is 1. The average Bonchev–Trinajstić information content (AvgIpc) is 1.62. The SMILES string of the molecule is C[Si](C)(Cl)C(Cl)=C(Cl)Cl. The summed E-state index contributed by atoms with van der Waals surface area (Å²) in [6.45, 7) is 3.70. The predicted octanol–water partition coefficient (Wildman–Crippen LogP) is 3.86. The van der Waals surface area contributed by atoms with E-state index in [9.17, 15) is 0 Å². The highest BCUT2D eigenvalue weighted by Gasteiger charge is 2.24. The van der Waals surface area contributed by atoms with E-state index in [0.29, 0.717) is 4.66 Å². The van der Waals surface area contributed by atoms with Crippen molar-refractivity contribution in [2.75, 3.05) is 0 Å². The molecule has 0 rings (SSSR count). The van der Waals surface area contributed by atoms with Crippen LogP contribution in [0.1, 0.15) is 0 Å². The van der Waals surface area contributed by atoms with Gasteiger partial charge < -0.3 is 0 Å². The third-order valence-corrected chi connectivity index (χ3v) is 5.33. The van der Waals surface area contributed by atoms with Crippen molar-refractivity contribution in [2.45, 2.75) is 13.1 Å². The number of hydrogen-bond acceptors (Lipinski definition) is 0. The first-order valence-electron chi connectivity index (χ1n) is 2.26. The van der Waals surface area contributed by atoms with E-state index >= 15 is 0 Å². The zero-order valence-corrected chi connectivity index (χ0v) is 9.04. The van der Waals surface area contributed by atoms with Gasteiger partial charge in [0, 0.05) is 0 Å². The molecule has 0 spiro atoms. The summed E-state index contributed by atoms with van der Waals surface area (Å²) in [6.07, 6.45) is 0. The van der Waals surface area contributed by atoms with Crippen molar-refractivity contribution in [3.63, 3.8) is 0 Å². The summed E-state index contributed by atoms with van der Waals surface area (Å²) in [6, 6.07) is 0. The second kappa shape index (κ2) is 3.49. The Bertz CT molecular complexity index is 130. The lowest BCUT2D eigenvalue weighted by atomic mass is 11.2. The second-order valence-electron chi connectivity index (χ2n) is 2.05. The Labute approximate surface area is 75.4 Å². The van der Waals surface area contributed by atoms with Gasteiger partial charge in [0.25, 0.3) is 0 Å². The van der Waals surface area contributed by atoms with Crippen LogP contribution in [0.4, 0.5) is 0 Å². The lowest BCUT2D eigenvalue weighted by Crippen LogP contribution is -2.17. The molecule has 0 radical (unpaired) electrons. The fourth-order valence-corrected chi connectivity index (χ4v) is 2.67. The van der Waals surface area contributed by atoms with E-state index in [1.807, 2.05) is 13.1 Å². The minimum absolute atomic E-state index is 0.0864. The molecule has 0 atom stereocenters. The van der Waals surface area contributed by atoms with Gasteiger partial charge in [0.2, 0.25) is 0 Å². The van der Waals surface area contributed by atoms with Crippen LogP contribution in [-0.2, 0) is 0 Å². The van der Waals surface area contributed by atoms with Crippen LogP contribution < -0.4 is 0 Å². The Morgan fingerprint density at radius 3 is 1.44 bits per heavy atom. The first-order valence-corrected chi connectivity index (χ1v) is 7.40. The van der Waals surface area contributed by atoms with Crippen LogP contribution in [-0.4, -0.2) is 7.38 Å². The van der Waals surface area contributed by atoms with E-state index in [0.717, 1.165) is 0 Å². The van der Waals surface area contributed by atoms with E-state index < -0.39 is 7.38 Å². The Kier molecular flexibility index (Phi) is 3.92. The van der Waals surface area contributed by atoms with Crippen molar-refractivity contribution in [1.82, 2.24) is 0 Å². The Balaban J connectivity index is 4.40. The molecular formula is C4H6Cl4Si.